The highest BCUT2D eigenvalue weighted by atomic mass is 16.6. The smallest absolute Gasteiger partial charge is 0.226 e. The molecular weight excluding hydrogens is 372 g/mol. The molecule has 2 aromatic rings. The molecule has 0 saturated heterocycles. The van der Waals surface area contributed by atoms with Crippen LogP contribution >= 0.6 is 0 Å². The lowest BCUT2D eigenvalue weighted by Gasteiger charge is -2.22. The van der Waals surface area contributed by atoms with E-state index in [0.717, 1.165) is 11.4 Å². The molecule has 7 heteroatoms. The fourth-order valence-corrected chi connectivity index (χ4v) is 3.00. The minimum atomic E-state index is -0.187. The highest BCUT2D eigenvalue weighted by molar-refractivity contribution is 5.95. The molecule has 0 bridgehead atoms. The van der Waals surface area contributed by atoms with Crippen molar-refractivity contribution in [2.75, 3.05) is 30.0 Å². The molecular formula is C22H26N2O5. The average Bonchev–Trinajstić information content (AvgIpc) is 2.68. The Kier molecular flexibility index (Phi) is 6.59. The van der Waals surface area contributed by atoms with Crippen LogP contribution in [0.2, 0.25) is 0 Å². The van der Waals surface area contributed by atoms with Gasteiger partial charge in [-0.2, -0.15) is 0 Å². The van der Waals surface area contributed by atoms with Crippen LogP contribution in [0.3, 0.4) is 0 Å². The lowest BCUT2D eigenvalue weighted by Crippen LogP contribution is -2.31. The molecule has 7 nitrogen and oxygen atoms in total. The topological polar surface area (TPSA) is 77.1 Å². The van der Waals surface area contributed by atoms with Gasteiger partial charge in [-0.15, -0.1) is 0 Å². The van der Waals surface area contributed by atoms with Crippen LogP contribution < -0.4 is 24.4 Å². The van der Waals surface area contributed by atoms with Crippen molar-refractivity contribution < 1.29 is 23.8 Å². The monoisotopic (exact) mass is 398 g/mol. The third kappa shape index (κ3) is 5.63. The number of benzene rings is 2. The Morgan fingerprint density at radius 2 is 1.76 bits per heavy atom. The Morgan fingerprint density at radius 1 is 1.07 bits per heavy atom. The zero-order valence-corrected chi connectivity index (χ0v) is 16.9. The van der Waals surface area contributed by atoms with Gasteiger partial charge >= 0.3 is 0 Å². The summed E-state index contributed by atoms with van der Waals surface area (Å²) in [5.41, 5.74) is 1.35. The second kappa shape index (κ2) is 9.32. The number of hydrogen-bond donors (Lipinski definition) is 1. The SMILES string of the molecule is CC(=O)N(CCC(=O)Nc1ccc2c(c1)OCCO2)c1ccc(OC(C)C)cc1. The van der Waals surface area contributed by atoms with Crippen LogP contribution in [0.15, 0.2) is 42.5 Å². The first-order valence-electron chi connectivity index (χ1n) is 9.66. The number of ether oxygens (including phenoxy) is 3. The average molecular weight is 398 g/mol. The molecule has 2 amide bonds. The van der Waals surface area contributed by atoms with Gasteiger partial charge < -0.3 is 24.4 Å². The molecule has 0 aromatic heterocycles. The standard InChI is InChI=1S/C22H26N2O5/c1-15(2)29-19-7-5-18(6-8-19)24(16(3)25)11-10-22(26)23-17-4-9-20-21(14-17)28-13-12-27-20/h4-9,14-15H,10-13H2,1-3H3,(H,23,26). The fraction of sp³-hybridized carbons (Fsp3) is 0.364. The summed E-state index contributed by atoms with van der Waals surface area (Å²) in [4.78, 5) is 26.0. The van der Waals surface area contributed by atoms with E-state index in [2.05, 4.69) is 5.32 Å². The van der Waals surface area contributed by atoms with E-state index in [9.17, 15) is 9.59 Å². The molecule has 154 valence electrons. The van der Waals surface area contributed by atoms with Crippen molar-refractivity contribution in [3.05, 3.63) is 42.5 Å². The highest BCUT2D eigenvalue weighted by Crippen LogP contribution is 2.32. The summed E-state index contributed by atoms with van der Waals surface area (Å²) in [5, 5.41) is 2.84. The number of anilines is 2. The van der Waals surface area contributed by atoms with E-state index in [1.54, 1.807) is 23.1 Å². The zero-order chi connectivity index (χ0) is 20.8. The number of nitrogens with zero attached hydrogens (tertiary/aromatic N) is 1. The van der Waals surface area contributed by atoms with Crippen molar-refractivity contribution in [1.29, 1.82) is 0 Å². The van der Waals surface area contributed by atoms with Crippen LogP contribution in [0, 0.1) is 0 Å². The minimum Gasteiger partial charge on any atom is -0.491 e. The van der Waals surface area contributed by atoms with Crippen molar-refractivity contribution in [2.45, 2.75) is 33.3 Å². The summed E-state index contributed by atoms with van der Waals surface area (Å²) in [6.07, 6.45) is 0.243. The van der Waals surface area contributed by atoms with E-state index in [-0.39, 0.29) is 30.9 Å². The lowest BCUT2D eigenvalue weighted by molar-refractivity contribution is -0.117. The number of amides is 2. The maximum atomic E-state index is 12.4. The van der Waals surface area contributed by atoms with E-state index in [0.29, 0.717) is 30.4 Å². The molecule has 0 fully saturated rings. The van der Waals surface area contributed by atoms with Gasteiger partial charge in [-0.05, 0) is 50.2 Å². The molecule has 1 heterocycles. The minimum absolute atomic E-state index is 0.0778. The fourth-order valence-electron chi connectivity index (χ4n) is 3.00. The summed E-state index contributed by atoms with van der Waals surface area (Å²) >= 11 is 0. The van der Waals surface area contributed by atoms with E-state index in [4.69, 9.17) is 14.2 Å². The summed E-state index contributed by atoms with van der Waals surface area (Å²) in [7, 11) is 0. The number of nitrogens with one attached hydrogen (secondary N) is 1. The van der Waals surface area contributed by atoms with Gasteiger partial charge in [0.1, 0.15) is 19.0 Å². The third-order valence-corrected chi connectivity index (χ3v) is 4.29. The van der Waals surface area contributed by atoms with Gasteiger partial charge in [-0.25, -0.2) is 0 Å². The van der Waals surface area contributed by atoms with E-state index in [1.807, 2.05) is 38.1 Å². The second-order valence-electron chi connectivity index (χ2n) is 6.99. The zero-order valence-electron chi connectivity index (χ0n) is 16.9. The molecule has 0 atom stereocenters. The van der Waals surface area contributed by atoms with Crippen molar-refractivity contribution in [3.8, 4) is 17.2 Å². The molecule has 0 spiro atoms. The molecule has 29 heavy (non-hydrogen) atoms. The Labute approximate surface area is 170 Å². The maximum Gasteiger partial charge on any atom is 0.226 e. The number of rotatable bonds is 7. The van der Waals surface area contributed by atoms with Gasteiger partial charge in [-0.3, -0.25) is 9.59 Å². The van der Waals surface area contributed by atoms with Gasteiger partial charge in [0.05, 0.1) is 6.10 Å². The largest absolute Gasteiger partial charge is 0.491 e. The first kappa shape index (κ1) is 20.5. The van der Waals surface area contributed by atoms with Gasteiger partial charge in [0.2, 0.25) is 11.8 Å². The van der Waals surface area contributed by atoms with Crippen molar-refractivity contribution in [2.24, 2.45) is 0 Å². The Morgan fingerprint density at radius 3 is 2.41 bits per heavy atom. The lowest BCUT2D eigenvalue weighted by atomic mass is 10.2. The van der Waals surface area contributed by atoms with Crippen LogP contribution in [-0.4, -0.2) is 37.7 Å². The summed E-state index contributed by atoms with van der Waals surface area (Å²) in [6, 6.07) is 12.5. The van der Waals surface area contributed by atoms with Crippen molar-refractivity contribution >= 4 is 23.2 Å². The molecule has 0 unspecified atom stereocenters. The summed E-state index contributed by atoms with van der Waals surface area (Å²) < 4.78 is 16.6. The van der Waals surface area contributed by atoms with Gasteiger partial charge in [-0.1, -0.05) is 0 Å². The molecule has 0 aliphatic carbocycles. The van der Waals surface area contributed by atoms with Crippen molar-refractivity contribution in [1.82, 2.24) is 0 Å². The van der Waals surface area contributed by atoms with Gasteiger partial charge in [0.15, 0.2) is 11.5 Å². The number of carbonyl (C=O) groups is 2. The predicted octanol–water partition coefficient (Wildman–Crippen LogP) is 3.63. The van der Waals surface area contributed by atoms with Crippen LogP contribution in [0.5, 0.6) is 17.2 Å². The molecule has 1 aliphatic rings. The maximum absolute atomic E-state index is 12.4. The molecule has 1 aliphatic heterocycles. The Hall–Kier alpha value is -3.22. The van der Waals surface area contributed by atoms with E-state index < -0.39 is 0 Å². The third-order valence-electron chi connectivity index (χ3n) is 4.29. The van der Waals surface area contributed by atoms with Crippen LogP contribution in [-0.2, 0) is 9.59 Å². The van der Waals surface area contributed by atoms with Crippen LogP contribution in [0.1, 0.15) is 27.2 Å². The van der Waals surface area contributed by atoms with E-state index >= 15 is 0 Å². The summed E-state index contributed by atoms with van der Waals surface area (Å²) in [6.45, 7) is 6.67. The summed E-state index contributed by atoms with van der Waals surface area (Å²) in [5.74, 6) is 1.70. The Balaban J connectivity index is 1.58. The highest BCUT2D eigenvalue weighted by Gasteiger charge is 2.16. The molecule has 0 radical (unpaired) electrons. The number of fused-ring (bicyclic) bond motifs is 1. The molecule has 2 aromatic carbocycles. The van der Waals surface area contributed by atoms with Gasteiger partial charge in [0.25, 0.3) is 0 Å². The molecule has 3 rings (SSSR count). The second-order valence-corrected chi connectivity index (χ2v) is 6.99. The first-order chi connectivity index (χ1) is 13.9. The van der Waals surface area contributed by atoms with Crippen LogP contribution in [0.4, 0.5) is 11.4 Å². The quantitative estimate of drug-likeness (QED) is 0.771. The normalized spacial score (nSPS) is 12.4. The predicted molar refractivity (Wildman–Crippen MR) is 111 cm³/mol. The van der Waals surface area contributed by atoms with E-state index in [1.165, 1.54) is 6.92 Å². The van der Waals surface area contributed by atoms with Crippen molar-refractivity contribution in [3.63, 3.8) is 0 Å². The first-order valence-corrected chi connectivity index (χ1v) is 9.66. The number of carbonyl (C=O) groups excluding carboxylic acids is 2. The number of hydrogen-bond acceptors (Lipinski definition) is 5. The van der Waals surface area contributed by atoms with Gasteiger partial charge in [0, 0.05) is 37.3 Å². The van der Waals surface area contributed by atoms with Crippen LogP contribution in [0.25, 0.3) is 0 Å². The molecule has 0 saturated carbocycles. The molecule has 1 N–H and O–H groups in total. The Bertz CT molecular complexity index is 864.